The lowest BCUT2D eigenvalue weighted by Crippen LogP contribution is -2.28. The molecule has 0 aliphatic carbocycles. The Kier molecular flexibility index (Phi) is 6.43. The zero-order valence-corrected chi connectivity index (χ0v) is 11.9. The highest BCUT2D eigenvalue weighted by molar-refractivity contribution is 5.38. The van der Waals surface area contributed by atoms with Crippen molar-refractivity contribution < 1.29 is 4.74 Å². The lowest BCUT2D eigenvalue weighted by Gasteiger charge is -2.18. The fourth-order valence-electron chi connectivity index (χ4n) is 1.71. The van der Waals surface area contributed by atoms with Crippen molar-refractivity contribution in [1.82, 2.24) is 14.9 Å². The van der Waals surface area contributed by atoms with Crippen molar-refractivity contribution in [2.45, 2.75) is 27.2 Å². The van der Waals surface area contributed by atoms with Gasteiger partial charge in [-0.1, -0.05) is 20.8 Å². The summed E-state index contributed by atoms with van der Waals surface area (Å²) in [6.07, 6.45) is 0.807. The van der Waals surface area contributed by atoms with Crippen LogP contribution in [0.3, 0.4) is 0 Å². The third-order valence-electron chi connectivity index (χ3n) is 2.90. The summed E-state index contributed by atoms with van der Waals surface area (Å²) in [5.41, 5.74) is 0. The summed E-state index contributed by atoms with van der Waals surface area (Å²) in [6, 6.07) is 1.83. The molecule has 0 aliphatic rings. The monoisotopic (exact) mass is 252 g/mol. The van der Waals surface area contributed by atoms with Crippen LogP contribution in [0.15, 0.2) is 6.07 Å². The van der Waals surface area contributed by atoms with Crippen LogP contribution in [0.5, 0.6) is 5.88 Å². The Morgan fingerprint density at radius 2 is 1.94 bits per heavy atom. The van der Waals surface area contributed by atoms with Gasteiger partial charge in [-0.15, -0.1) is 0 Å². The van der Waals surface area contributed by atoms with E-state index in [1.165, 1.54) is 0 Å². The number of nitrogens with zero attached hydrogens (tertiary/aromatic N) is 3. The van der Waals surface area contributed by atoms with Crippen LogP contribution in [0.2, 0.25) is 0 Å². The molecule has 1 aromatic rings. The standard InChI is InChI=1S/C13H24N4O/c1-5-11-15-12(10-13(16-11)18-4)14-8-9-17(6-2)7-3/h10H,5-9H2,1-4H3,(H,14,15,16). The molecular weight excluding hydrogens is 228 g/mol. The van der Waals surface area contributed by atoms with Crippen molar-refractivity contribution >= 4 is 5.82 Å². The summed E-state index contributed by atoms with van der Waals surface area (Å²) in [7, 11) is 1.63. The number of ether oxygens (including phenoxy) is 1. The van der Waals surface area contributed by atoms with Gasteiger partial charge in [0.25, 0.3) is 0 Å². The SMILES string of the molecule is CCc1nc(NCCN(CC)CC)cc(OC)n1. The van der Waals surface area contributed by atoms with Crippen molar-refractivity contribution in [3.8, 4) is 5.88 Å². The molecule has 102 valence electrons. The zero-order chi connectivity index (χ0) is 13.4. The fourth-order valence-corrected chi connectivity index (χ4v) is 1.71. The van der Waals surface area contributed by atoms with E-state index in [1.807, 2.05) is 13.0 Å². The third-order valence-corrected chi connectivity index (χ3v) is 2.90. The first-order chi connectivity index (χ1) is 8.73. The number of likely N-dealkylation sites (N-methyl/N-ethyl adjacent to an activating group) is 1. The number of aromatic nitrogens is 2. The lowest BCUT2D eigenvalue weighted by atomic mass is 10.4. The van der Waals surface area contributed by atoms with E-state index in [2.05, 4.69) is 34.0 Å². The smallest absolute Gasteiger partial charge is 0.218 e. The Bertz CT molecular complexity index is 331. The lowest BCUT2D eigenvalue weighted by molar-refractivity contribution is 0.316. The summed E-state index contributed by atoms with van der Waals surface area (Å²) in [6.45, 7) is 10.4. The molecule has 18 heavy (non-hydrogen) atoms. The van der Waals surface area contributed by atoms with Gasteiger partial charge in [-0.05, 0) is 13.1 Å². The maximum absolute atomic E-state index is 5.17. The number of hydrogen-bond acceptors (Lipinski definition) is 5. The highest BCUT2D eigenvalue weighted by Gasteiger charge is 2.04. The first-order valence-electron chi connectivity index (χ1n) is 6.61. The second-order valence-corrected chi connectivity index (χ2v) is 4.02. The summed E-state index contributed by atoms with van der Waals surface area (Å²) < 4.78 is 5.17. The Labute approximate surface area is 110 Å². The first kappa shape index (κ1) is 14.7. The van der Waals surface area contributed by atoms with Crippen LogP contribution in [0.1, 0.15) is 26.6 Å². The Balaban J connectivity index is 2.55. The number of aryl methyl sites for hydroxylation is 1. The molecule has 0 bridgehead atoms. The molecule has 0 radical (unpaired) electrons. The van der Waals surface area contributed by atoms with Crippen molar-refractivity contribution in [1.29, 1.82) is 0 Å². The van der Waals surface area contributed by atoms with Crippen molar-refractivity contribution in [2.75, 3.05) is 38.6 Å². The Hall–Kier alpha value is -1.36. The Morgan fingerprint density at radius 3 is 2.50 bits per heavy atom. The zero-order valence-electron chi connectivity index (χ0n) is 11.9. The first-order valence-corrected chi connectivity index (χ1v) is 6.61. The second-order valence-electron chi connectivity index (χ2n) is 4.02. The molecular formula is C13H24N4O. The molecule has 0 unspecified atom stereocenters. The molecule has 1 N–H and O–H groups in total. The number of nitrogens with one attached hydrogen (secondary N) is 1. The van der Waals surface area contributed by atoms with Gasteiger partial charge in [-0.3, -0.25) is 0 Å². The van der Waals surface area contributed by atoms with E-state index < -0.39 is 0 Å². The largest absolute Gasteiger partial charge is 0.481 e. The number of hydrogen-bond donors (Lipinski definition) is 1. The fraction of sp³-hybridized carbons (Fsp3) is 0.692. The van der Waals surface area contributed by atoms with E-state index in [0.717, 1.165) is 44.2 Å². The topological polar surface area (TPSA) is 50.3 Å². The van der Waals surface area contributed by atoms with Crippen LogP contribution in [0.4, 0.5) is 5.82 Å². The number of methoxy groups -OCH3 is 1. The van der Waals surface area contributed by atoms with E-state index in [-0.39, 0.29) is 0 Å². The van der Waals surface area contributed by atoms with Gasteiger partial charge in [0.15, 0.2) is 0 Å². The van der Waals surface area contributed by atoms with Crippen LogP contribution in [0, 0.1) is 0 Å². The molecule has 0 saturated heterocycles. The highest BCUT2D eigenvalue weighted by Crippen LogP contribution is 2.13. The minimum absolute atomic E-state index is 0.618. The molecule has 0 aromatic carbocycles. The van der Waals surface area contributed by atoms with Crippen LogP contribution in [-0.4, -0.2) is 48.2 Å². The van der Waals surface area contributed by atoms with Gasteiger partial charge in [0, 0.05) is 25.6 Å². The number of anilines is 1. The highest BCUT2D eigenvalue weighted by atomic mass is 16.5. The van der Waals surface area contributed by atoms with Gasteiger partial charge < -0.3 is 15.0 Å². The van der Waals surface area contributed by atoms with Gasteiger partial charge in [-0.25, -0.2) is 4.98 Å². The van der Waals surface area contributed by atoms with Gasteiger partial charge >= 0.3 is 0 Å². The van der Waals surface area contributed by atoms with E-state index >= 15 is 0 Å². The summed E-state index contributed by atoms with van der Waals surface area (Å²) >= 11 is 0. The van der Waals surface area contributed by atoms with E-state index in [9.17, 15) is 0 Å². The van der Waals surface area contributed by atoms with Crippen LogP contribution in [-0.2, 0) is 6.42 Å². The summed E-state index contributed by atoms with van der Waals surface area (Å²) in [5.74, 6) is 2.26. The molecule has 1 aromatic heterocycles. The molecule has 0 atom stereocenters. The van der Waals surface area contributed by atoms with E-state index in [0.29, 0.717) is 5.88 Å². The van der Waals surface area contributed by atoms with Crippen LogP contribution >= 0.6 is 0 Å². The van der Waals surface area contributed by atoms with Gasteiger partial charge in [0.1, 0.15) is 11.6 Å². The molecule has 0 spiro atoms. The maximum atomic E-state index is 5.17. The second kappa shape index (κ2) is 7.87. The van der Waals surface area contributed by atoms with Crippen LogP contribution < -0.4 is 10.1 Å². The van der Waals surface area contributed by atoms with E-state index in [1.54, 1.807) is 7.11 Å². The third kappa shape index (κ3) is 4.49. The van der Waals surface area contributed by atoms with Crippen molar-refractivity contribution in [2.24, 2.45) is 0 Å². The minimum atomic E-state index is 0.618. The molecule has 0 amide bonds. The van der Waals surface area contributed by atoms with Crippen LogP contribution in [0.25, 0.3) is 0 Å². The molecule has 1 rings (SSSR count). The summed E-state index contributed by atoms with van der Waals surface area (Å²) in [4.78, 5) is 11.1. The predicted octanol–water partition coefficient (Wildman–Crippen LogP) is 1.80. The summed E-state index contributed by atoms with van der Waals surface area (Å²) in [5, 5.41) is 3.32. The van der Waals surface area contributed by atoms with Gasteiger partial charge in [0.05, 0.1) is 7.11 Å². The molecule has 0 aliphatic heterocycles. The molecule has 1 heterocycles. The molecule has 0 saturated carbocycles. The quantitative estimate of drug-likeness (QED) is 0.764. The van der Waals surface area contributed by atoms with Crippen molar-refractivity contribution in [3.05, 3.63) is 11.9 Å². The average molecular weight is 252 g/mol. The number of rotatable bonds is 8. The van der Waals surface area contributed by atoms with E-state index in [4.69, 9.17) is 4.74 Å². The van der Waals surface area contributed by atoms with Crippen molar-refractivity contribution in [3.63, 3.8) is 0 Å². The van der Waals surface area contributed by atoms with Gasteiger partial charge in [-0.2, -0.15) is 4.98 Å². The normalized spacial score (nSPS) is 10.7. The molecule has 5 heteroatoms. The average Bonchev–Trinajstić information content (AvgIpc) is 2.43. The van der Waals surface area contributed by atoms with Gasteiger partial charge in [0.2, 0.25) is 5.88 Å². The predicted molar refractivity (Wildman–Crippen MR) is 74.2 cm³/mol. The minimum Gasteiger partial charge on any atom is -0.481 e. The Morgan fingerprint density at radius 1 is 1.22 bits per heavy atom. The molecule has 5 nitrogen and oxygen atoms in total. The maximum Gasteiger partial charge on any atom is 0.218 e. The molecule has 0 fully saturated rings.